The molecule has 18 heavy (non-hydrogen) atoms. The molecule has 0 aliphatic carbocycles. The molecule has 2 N–H and O–H groups in total. The lowest BCUT2D eigenvalue weighted by molar-refractivity contribution is 0.465. The Morgan fingerprint density at radius 1 is 0.778 bits per heavy atom. The minimum absolute atomic E-state index is 0.112. The molecule has 0 unspecified atom stereocenters. The summed E-state index contributed by atoms with van der Waals surface area (Å²) in [5.74, 6) is 0. The predicted octanol–water partition coefficient (Wildman–Crippen LogP) is 2.10. The van der Waals surface area contributed by atoms with Gasteiger partial charge in [0.25, 0.3) is 20.2 Å². The summed E-state index contributed by atoms with van der Waals surface area (Å²) < 4.78 is 62.8. The minimum atomic E-state index is -4.96. The van der Waals surface area contributed by atoms with Crippen LogP contribution in [-0.4, -0.2) is 25.9 Å². The first kappa shape index (κ1) is 15.7. The lowest BCUT2D eigenvalue weighted by atomic mass is 10.1. The van der Waals surface area contributed by atoms with Gasteiger partial charge in [-0.15, -0.1) is 0 Å². The first-order valence-electron chi connectivity index (χ1n) is 4.32. The molecule has 102 valence electrons. The summed E-state index contributed by atoms with van der Waals surface area (Å²) in [6.07, 6.45) is 0. The van der Waals surface area contributed by atoms with Crippen molar-refractivity contribution in [3.8, 4) is 0 Å². The second-order valence-electron chi connectivity index (χ2n) is 3.49. The summed E-state index contributed by atoms with van der Waals surface area (Å²) in [6, 6.07) is 0. The summed E-state index contributed by atoms with van der Waals surface area (Å²) in [6.45, 7) is 2.63. The summed E-state index contributed by atoms with van der Waals surface area (Å²) in [7, 11) is -9.86. The fourth-order valence-corrected chi connectivity index (χ4v) is 4.51. The molecule has 0 bridgehead atoms. The number of benzene rings is 1. The molecular formula is C8H8Cl2O6S2. The molecule has 0 saturated carbocycles. The smallest absolute Gasteiger partial charge is 0.282 e. The van der Waals surface area contributed by atoms with Gasteiger partial charge < -0.3 is 0 Å². The van der Waals surface area contributed by atoms with E-state index in [1.54, 1.807) is 0 Å². The highest BCUT2D eigenvalue weighted by molar-refractivity contribution is 7.89. The molecule has 6 nitrogen and oxygen atoms in total. The fourth-order valence-electron chi connectivity index (χ4n) is 1.41. The van der Waals surface area contributed by atoms with Gasteiger partial charge in [-0.1, -0.05) is 23.2 Å². The Morgan fingerprint density at radius 2 is 1.17 bits per heavy atom. The quantitative estimate of drug-likeness (QED) is 0.801. The van der Waals surface area contributed by atoms with Crippen LogP contribution in [0.1, 0.15) is 11.1 Å². The van der Waals surface area contributed by atoms with Crippen molar-refractivity contribution in [2.45, 2.75) is 23.6 Å². The Balaban J connectivity index is 4.16. The highest BCUT2D eigenvalue weighted by Crippen LogP contribution is 2.39. The zero-order chi connectivity index (χ0) is 14.5. The highest BCUT2D eigenvalue weighted by Gasteiger charge is 2.32. The van der Waals surface area contributed by atoms with Crippen LogP contribution in [0.2, 0.25) is 10.0 Å². The van der Waals surface area contributed by atoms with Crippen LogP contribution in [0.4, 0.5) is 0 Å². The van der Waals surface area contributed by atoms with Gasteiger partial charge in [0.15, 0.2) is 0 Å². The van der Waals surface area contributed by atoms with Crippen LogP contribution in [-0.2, 0) is 20.2 Å². The normalized spacial score (nSPS) is 12.8. The summed E-state index contributed by atoms with van der Waals surface area (Å²) in [5, 5.41) is -0.871. The minimum Gasteiger partial charge on any atom is -0.282 e. The monoisotopic (exact) mass is 334 g/mol. The average molecular weight is 335 g/mol. The van der Waals surface area contributed by atoms with Gasteiger partial charge in [-0.05, 0) is 25.0 Å². The Morgan fingerprint density at radius 3 is 1.50 bits per heavy atom. The average Bonchev–Trinajstić information content (AvgIpc) is 2.16. The third-order valence-electron chi connectivity index (χ3n) is 2.35. The van der Waals surface area contributed by atoms with Crippen LogP contribution in [0.25, 0.3) is 0 Å². The molecule has 0 spiro atoms. The Labute approximate surface area is 114 Å². The van der Waals surface area contributed by atoms with E-state index < -0.39 is 35.0 Å². The van der Waals surface area contributed by atoms with Crippen molar-refractivity contribution < 1.29 is 25.9 Å². The Kier molecular flexibility index (Phi) is 4.03. The molecule has 0 aliphatic heterocycles. The standard InChI is InChI=1S/C8H8Cl2O6S2/c1-3-4(2)7(17(11,12)13)8(18(14,15)16)6(10)5(3)9/h1-2H3,(H,11,12,13)(H,14,15,16). The van der Waals surface area contributed by atoms with E-state index in [1.165, 1.54) is 13.8 Å². The van der Waals surface area contributed by atoms with E-state index in [0.717, 1.165) is 0 Å². The maximum Gasteiger partial charge on any atom is 0.297 e. The first-order chi connectivity index (χ1) is 7.89. The molecule has 0 heterocycles. The summed E-state index contributed by atoms with van der Waals surface area (Å²) in [4.78, 5) is -2.10. The molecule has 0 saturated heterocycles. The number of rotatable bonds is 2. The third-order valence-corrected chi connectivity index (χ3v) is 5.49. The third kappa shape index (κ3) is 2.63. The van der Waals surface area contributed by atoms with E-state index in [2.05, 4.69) is 0 Å². The van der Waals surface area contributed by atoms with Gasteiger partial charge in [0, 0.05) is 0 Å². The number of hydrogen-bond donors (Lipinski definition) is 2. The van der Waals surface area contributed by atoms with Gasteiger partial charge in [0.05, 0.1) is 10.0 Å². The van der Waals surface area contributed by atoms with Crippen LogP contribution in [0.3, 0.4) is 0 Å². The van der Waals surface area contributed by atoms with Crippen molar-refractivity contribution in [2.75, 3.05) is 0 Å². The van der Waals surface area contributed by atoms with Gasteiger partial charge in [-0.25, -0.2) is 0 Å². The van der Waals surface area contributed by atoms with Gasteiger partial charge in [0.1, 0.15) is 9.79 Å². The first-order valence-corrected chi connectivity index (χ1v) is 7.95. The van der Waals surface area contributed by atoms with Crippen molar-refractivity contribution >= 4 is 43.4 Å². The van der Waals surface area contributed by atoms with Crippen LogP contribution < -0.4 is 0 Å². The maximum absolute atomic E-state index is 11.2. The van der Waals surface area contributed by atoms with E-state index in [1.807, 2.05) is 0 Å². The van der Waals surface area contributed by atoms with E-state index in [9.17, 15) is 16.8 Å². The van der Waals surface area contributed by atoms with Crippen molar-refractivity contribution in [1.82, 2.24) is 0 Å². The topological polar surface area (TPSA) is 109 Å². The molecule has 0 aliphatic rings. The van der Waals surface area contributed by atoms with E-state index >= 15 is 0 Å². The lowest BCUT2D eigenvalue weighted by Gasteiger charge is -2.14. The van der Waals surface area contributed by atoms with Gasteiger partial charge >= 0.3 is 0 Å². The fraction of sp³-hybridized carbons (Fsp3) is 0.250. The van der Waals surface area contributed by atoms with Gasteiger partial charge in [0.2, 0.25) is 0 Å². The van der Waals surface area contributed by atoms with Crippen LogP contribution in [0, 0.1) is 13.8 Å². The molecule has 0 amide bonds. The molecule has 1 aromatic carbocycles. The zero-order valence-electron chi connectivity index (χ0n) is 9.10. The maximum atomic E-state index is 11.2. The second kappa shape index (κ2) is 4.62. The molecule has 0 aromatic heterocycles. The van der Waals surface area contributed by atoms with Crippen molar-refractivity contribution in [1.29, 1.82) is 0 Å². The summed E-state index contributed by atoms with van der Waals surface area (Å²) in [5.41, 5.74) is 0.0706. The molecule has 10 heteroatoms. The van der Waals surface area contributed by atoms with E-state index in [-0.39, 0.29) is 16.1 Å². The van der Waals surface area contributed by atoms with Crippen molar-refractivity contribution in [2.24, 2.45) is 0 Å². The van der Waals surface area contributed by atoms with Crippen LogP contribution in [0.5, 0.6) is 0 Å². The van der Waals surface area contributed by atoms with Crippen molar-refractivity contribution in [3.05, 3.63) is 21.2 Å². The molecule has 0 atom stereocenters. The number of halogens is 2. The predicted molar refractivity (Wildman–Crippen MR) is 65.6 cm³/mol. The summed E-state index contributed by atoms with van der Waals surface area (Å²) >= 11 is 11.4. The second-order valence-corrected chi connectivity index (χ2v) is 6.96. The van der Waals surface area contributed by atoms with Crippen LogP contribution >= 0.6 is 23.2 Å². The van der Waals surface area contributed by atoms with Gasteiger partial charge in [-0.2, -0.15) is 16.8 Å². The van der Waals surface area contributed by atoms with E-state index in [4.69, 9.17) is 32.3 Å². The molecule has 0 fully saturated rings. The molecular weight excluding hydrogens is 327 g/mol. The largest absolute Gasteiger partial charge is 0.297 e. The van der Waals surface area contributed by atoms with Crippen LogP contribution in [0.15, 0.2) is 9.79 Å². The highest BCUT2D eigenvalue weighted by atomic mass is 35.5. The molecule has 0 radical (unpaired) electrons. The van der Waals surface area contributed by atoms with E-state index in [0.29, 0.717) is 0 Å². The Hall–Kier alpha value is -0.380. The number of hydrogen-bond acceptors (Lipinski definition) is 4. The van der Waals surface area contributed by atoms with Crippen molar-refractivity contribution in [3.63, 3.8) is 0 Å². The zero-order valence-corrected chi connectivity index (χ0v) is 12.2. The Bertz CT molecular complexity index is 658. The SMILES string of the molecule is Cc1c(C)c(S(=O)(=O)O)c(S(=O)(=O)O)c(Cl)c1Cl. The molecule has 1 rings (SSSR count). The van der Waals surface area contributed by atoms with Gasteiger partial charge in [-0.3, -0.25) is 9.11 Å². The lowest BCUT2D eigenvalue weighted by Crippen LogP contribution is -2.12. The molecule has 1 aromatic rings.